The van der Waals surface area contributed by atoms with E-state index in [0.29, 0.717) is 17.3 Å². The number of nitrogens with one attached hydrogen (secondary N) is 1. The van der Waals surface area contributed by atoms with E-state index in [1.165, 1.54) is 16.3 Å². The summed E-state index contributed by atoms with van der Waals surface area (Å²) in [5.74, 6) is 0.351. The summed E-state index contributed by atoms with van der Waals surface area (Å²) in [5.41, 5.74) is 2.04. The molecule has 0 bridgehead atoms. The smallest absolute Gasteiger partial charge is 0.273 e. The van der Waals surface area contributed by atoms with Crippen molar-refractivity contribution in [2.24, 2.45) is 5.10 Å². The third-order valence-corrected chi connectivity index (χ3v) is 4.34. The van der Waals surface area contributed by atoms with Crippen LogP contribution in [-0.4, -0.2) is 41.7 Å². The van der Waals surface area contributed by atoms with Crippen molar-refractivity contribution in [1.82, 2.24) is 9.99 Å². The second kappa shape index (κ2) is 6.79. The molecule has 24 heavy (non-hydrogen) atoms. The molecule has 124 valence electrons. The van der Waals surface area contributed by atoms with Gasteiger partial charge in [-0.05, 0) is 24.3 Å². The highest BCUT2D eigenvalue weighted by Gasteiger charge is 2.22. The summed E-state index contributed by atoms with van der Waals surface area (Å²) in [6.45, 7) is 0. The Morgan fingerprint density at radius 2 is 2.04 bits per heavy atom. The van der Waals surface area contributed by atoms with E-state index < -0.39 is 0 Å². The van der Waals surface area contributed by atoms with Gasteiger partial charge in [0.1, 0.15) is 11.5 Å². The molecule has 7 nitrogen and oxygen atoms in total. The fourth-order valence-electron chi connectivity index (χ4n) is 2.23. The molecule has 0 aliphatic carbocycles. The van der Waals surface area contributed by atoms with Gasteiger partial charge in [0.25, 0.3) is 5.91 Å². The van der Waals surface area contributed by atoms with Gasteiger partial charge in [-0.25, -0.2) is 9.99 Å². The van der Waals surface area contributed by atoms with Crippen LogP contribution in [0.1, 0.15) is 12.8 Å². The van der Waals surface area contributed by atoms with Crippen LogP contribution in [0.15, 0.2) is 34.7 Å². The first-order chi connectivity index (χ1) is 11.6. The van der Waals surface area contributed by atoms with E-state index in [1.54, 1.807) is 14.2 Å². The fourth-order valence-corrected chi connectivity index (χ4v) is 2.94. The van der Waals surface area contributed by atoms with Crippen LogP contribution in [0, 0.1) is 0 Å². The van der Waals surface area contributed by atoms with Crippen LogP contribution >= 0.6 is 11.3 Å². The monoisotopic (exact) mass is 344 g/mol. The van der Waals surface area contributed by atoms with Gasteiger partial charge in [-0.15, -0.1) is 11.3 Å². The van der Waals surface area contributed by atoms with Crippen LogP contribution in [-0.2, 0) is 9.59 Å². The molecule has 1 aromatic heterocycles. The third kappa shape index (κ3) is 3.43. The number of hydrogen-bond donors (Lipinski definition) is 1. The maximum atomic E-state index is 12.2. The number of rotatable bonds is 4. The van der Waals surface area contributed by atoms with E-state index in [0.717, 1.165) is 17.0 Å². The van der Waals surface area contributed by atoms with Crippen molar-refractivity contribution in [2.45, 2.75) is 12.8 Å². The first-order valence-electron chi connectivity index (χ1n) is 7.32. The lowest BCUT2D eigenvalue weighted by Gasteiger charge is -2.18. The number of hydrazone groups is 1. The van der Waals surface area contributed by atoms with Crippen molar-refractivity contribution in [1.29, 1.82) is 0 Å². The van der Waals surface area contributed by atoms with Crippen LogP contribution in [0.2, 0.25) is 0 Å². The number of anilines is 1. The fraction of sp³-hybridized carbons (Fsp3) is 0.250. The van der Waals surface area contributed by atoms with Gasteiger partial charge < -0.3 is 4.74 Å². The van der Waals surface area contributed by atoms with Crippen molar-refractivity contribution in [3.05, 3.63) is 29.6 Å². The molecule has 0 fully saturated rings. The Hall–Kier alpha value is -2.74. The predicted octanol–water partition coefficient (Wildman–Crippen LogP) is 2.37. The number of carbonyl (C=O) groups is 2. The van der Waals surface area contributed by atoms with Gasteiger partial charge in [0.05, 0.1) is 12.8 Å². The van der Waals surface area contributed by atoms with E-state index in [9.17, 15) is 9.59 Å². The largest absolute Gasteiger partial charge is 0.497 e. The highest BCUT2D eigenvalue weighted by atomic mass is 32.1. The number of methoxy groups -OCH3 is 1. The summed E-state index contributed by atoms with van der Waals surface area (Å²) in [6, 6.07) is 7.53. The second-order valence-electron chi connectivity index (χ2n) is 5.18. The van der Waals surface area contributed by atoms with E-state index in [2.05, 4.69) is 15.4 Å². The molecule has 0 spiro atoms. The summed E-state index contributed by atoms with van der Waals surface area (Å²) in [5, 5.41) is 10.3. The number of amides is 2. The molecule has 1 aromatic carbocycles. The molecule has 1 N–H and O–H groups in total. The summed E-state index contributed by atoms with van der Waals surface area (Å²) in [7, 11) is 3.16. The maximum absolute atomic E-state index is 12.2. The number of ether oxygens (including phenoxy) is 1. The number of thiazole rings is 1. The van der Waals surface area contributed by atoms with E-state index >= 15 is 0 Å². The lowest BCUT2D eigenvalue weighted by Crippen LogP contribution is -2.34. The van der Waals surface area contributed by atoms with Crippen LogP contribution in [0.4, 0.5) is 5.13 Å². The van der Waals surface area contributed by atoms with Crippen molar-refractivity contribution in [2.75, 3.05) is 19.5 Å². The summed E-state index contributed by atoms with van der Waals surface area (Å²) < 4.78 is 5.13. The van der Waals surface area contributed by atoms with Gasteiger partial charge in [0, 0.05) is 30.8 Å². The Morgan fingerprint density at radius 1 is 1.29 bits per heavy atom. The van der Waals surface area contributed by atoms with Crippen LogP contribution in [0.5, 0.6) is 5.75 Å². The first-order valence-corrected chi connectivity index (χ1v) is 8.20. The Labute approximate surface area is 143 Å². The summed E-state index contributed by atoms with van der Waals surface area (Å²) in [6.07, 6.45) is 0.628. The van der Waals surface area contributed by atoms with Gasteiger partial charge in [0.2, 0.25) is 5.91 Å². The Balaban J connectivity index is 1.70. The summed E-state index contributed by atoms with van der Waals surface area (Å²) in [4.78, 5) is 28.0. The quantitative estimate of drug-likeness (QED) is 0.923. The maximum Gasteiger partial charge on any atom is 0.273 e. The number of carbonyl (C=O) groups excluding carboxylic acids is 2. The number of benzene rings is 1. The standard InChI is InChI=1S/C16H16N4O3S/c1-20-14(21)8-7-12(19-20)15(22)18-16-17-13(9-24-16)10-3-5-11(23-2)6-4-10/h3-6,9H,7-8H2,1-2H3,(H,17,18,22). The molecule has 3 rings (SSSR count). The Kier molecular flexibility index (Phi) is 4.57. The molecule has 2 heterocycles. The van der Waals surface area contributed by atoms with Crippen LogP contribution < -0.4 is 10.1 Å². The Morgan fingerprint density at radius 3 is 2.71 bits per heavy atom. The molecule has 0 saturated carbocycles. The SMILES string of the molecule is COc1ccc(-c2csc(NC(=O)C3=NN(C)C(=O)CC3)n2)cc1. The molecule has 1 aliphatic heterocycles. The molecule has 0 saturated heterocycles. The van der Waals surface area contributed by atoms with Gasteiger partial charge in [-0.1, -0.05) is 0 Å². The molecule has 2 amide bonds. The molecular weight excluding hydrogens is 328 g/mol. The first kappa shape index (κ1) is 16.1. The molecular formula is C16H16N4O3S. The number of aromatic nitrogens is 1. The van der Waals surface area contributed by atoms with Crippen LogP contribution in [0.3, 0.4) is 0 Å². The zero-order valence-corrected chi connectivity index (χ0v) is 14.1. The summed E-state index contributed by atoms with van der Waals surface area (Å²) >= 11 is 1.34. The highest BCUT2D eigenvalue weighted by Crippen LogP contribution is 2.26. The van der Waals surface area contributed by atoms with Gasteiger partial charge in [-0.2, -0.15) is 5.10 Å². The molecule has 1 aliphatic rings. The lowest BCUT2D eigenvalue weighted by atomic mass is 10.1. The number of hydrogen-bond acceptors (Lipinski definition) is 6. The lowest BCUT2D eigenvalue weighted by molar-refractivity contribution is -0.130. The molecule has 0 atom stereocenters. The second-order valence-corrected chi connectivity index (χ2v) is 6.04. The van der Waals surface area contributed by atoms with E-state index in [-0.39, 0.29) is 18.2 Å². The minimum atomic E-state index is -0.329. The Bertz CT molecular complexity index is 798. The zero-order chi connectivity index (χ0) is 17.1. The third-order valence-electron chi connectivity index (χ3n) is 3.58. The van der Waals surface area contributed by atoms with Gasteiger partial charge in [-0.3, -0.25) is 14.9 Å². The minimum Gasteiger partial charge on any atom is -0.497 e. The van der Waals surface area contributed by atoms with Crippen molar-refractivity contribution >= 4 is 34.0 Å². The van der Waals surface area contributed by atoms with Crippen molar-refractivity contribution in [3.8, 4) is 17.0 Å². The predicted molar refractivity (Wildman–Crippen MR) is 92.2 cm³/mol. The zero-order valence-electron chi connectivity index (χ0n) is 13.3. The van der Waals surface area contributed by atoms with E-state index in [4.69, 9.17) is 4.74 Å². The average molecular weight is 344 g/mol. The van der Waals surface area contributed by atoms with Crippen molar-refractivity contribution in [3.63, 3.8) is 0 Å². The normalized spacial score (nSPS) is 14.3. The minimum absolute atomic E-state index is 0.0948. The molecule has 0 radical (unpaired) electrons. The van der Waals surface area contributed by atoms with Crippen molar-refractivity contribution < 1.29 is 14.3 Å². The molecule has 8 heteroatoms. The van der Waals surface area contributed by atoms with Gasteiger partial charge in [0.15, 0.2) is 5.13 Å². The average Bonchev–Trinajstić information content (AvgIpc) is 3.06. The highest BCUT2D eigenvalue weighted by molar-refractivity contribution is 7.14. The molecule has 0 unspecified atom stereocenters. The molecule has 2 aromatic rings. The topological polar surface area (TPSA) is 83.9 Å². The van der Waals surface area contributed by atoms with Gasteiger partial charge >= 0.3 is 0 Å². The van der Waals surface area contributed by atoms with E-state index in [1.807, 2.05) is 29.6 Å². The number of nitrogens with zero attached hydrogens (tertiary/aromatic N) is 3. The van der Waals surface area contributed by atoms with Crippen LogP contribution in [0.25, 0.3) is 11.3 Å².